The fraction of sp³-hybridized carbons (Fsp3) is 0.716. The Balaban J connectivity index is 4.67. The van der Waals surface area contributed by atoms with Gasteiger partial charge in [-0.05, 0) is 122 Å². The summed E-state index contributed by atoms with van der Waals surface area (Å²) in [6, 6.07) is 0. The van der Waals surface area contributed by atoms with E-state index in [-0.39, 0.29) is 19.3 Å². The summed E-state index contributed by atoms with van der Waals surface area (Å²) in [5, 5.41) is 20.5. The highest BCUT2D eigenvalue weighted by Gasteiger charge is 2.29. The third-order valence-electron chi connectivity index (χ3n) is 13.3. The summed E-state index contributed by atoms with van der Waals surface area (Å²) in [6.07, 6.45) is 64.7. The molecule has 0 saturated carbocycles. The van der Waals surface area contributed by atoms with E-state index in [0.29, 0.717) is 19.3 Å². The maximum Gasteiger partial charge on any atom is 0.472 e. The zero-order chi connectivity index (χ0) is 62.4. The van der Waals surface area contributed by atoms with Crippen LogP contribution in [-0.2, 0) is 55.8 Å². The molecule has 5 unspecified atom stereocenters. The van der Waals surface area contributed by atoms with Gasteiger partial charge in [-0.2, -0.15) is 0 Å². The highest BCUT2D eigenvalue weighted by atomic mass is 31.2. The summed E-state index contributed by atoms with van der Waals surface area (Å²) in [5.74, 6) is -1.64. The molecule has 18 heteroatoms. The molecule has 5 atom stereocenters. The third kappa shape index (κ3) is 61.9. The Labute approximate surface area is 514 Å². The molecule has 0 fully saturated rings. The lowest BCUT2D eigenvalue weighted by molar-refractivity contribution is -0.161. The molecule has 0 aromatic rings. The number of hydrogen-bond donors (Lipinski definition) is 4. The summed E-state index contributed by atoms with van der Waals surface area (Å²) in [4.78, 5) is 58.2. The number of ether oxygens (including phenoxy) is 3. The number of hydrogen-bond acceptors (Lipinski definition) is 14. The van der Waals surface area contributed by atoms with Crippen LogP contribution in [0.3, 0.4) is 0 Å². The van der Waals surface area contributed by atoms with Crippen molar-refractivity contribution in [3.63, 3.8) is 0 Å². The maximum absolute atomic E-state index is 12.9. The normalized spacial score (nSPS) is 15.0. The van der Waals surface area contributed by atoms with Crippen molar-refractivity contribution in [1.82, 2.24) is 0 Å². The van der Waals surface area contributed by atoms with E-state index in [1.165, 1.54) is 64.2 Å². The van der Waals surface area contributed by atoms with Crippen LogP contribution < -0.4 is 0 Å². The van der Waals surface area contributed by atoms with Gasteiger partial charge < -0.3 is 34.2 Å². The Hall–Kier alpha value is -3.53. The maximum atomic E-state index is 12.9. The van der Waals surface area contributed by atoms with Gasteiger partial charge in [0, 0.05) is 19.3 Å². The minimum Gasteiger partial charge on any atom is -0.463 e. The first-order valence-corrected chi connectivity index (χ1v) is 35.5. The molecule has 0 radical (unpaired) electrons. The van der Waals surface area contributed by atoms with Crippen molar-refractivity contribution in [3.8, 4) is 0 Å². The first-order valence-electron chi connectivity index (χ1n) is 32.5. The number of rotatable bonds is 61. The predicted octanol–water partition coefficient (Wildman–Crippen LogP) is 17.5. The van der Waals surface area contributed by atoms with Gasteiger partial charge in [-0.25, -0.2) is 9.13 Å². The Morgan fingerprint density at radius 3 is 1.04 bits per heavy atom. The molecule has 0 heterocycles. The van der Waals surface area contributed by atoms with Gasteiger partial charge in [0.25, 0.3) is 0 Å². The molecule has 0 amide bonds. The summed E-state index contributed by atoms with van der Waals surface area (Å²) >= 11 is 0. The fourth-order valence-corrected chi connectivity index (χ4v) is 9.85. The van der Waals surface area contributed by atoms with Crippen LogP contribution in [0.15, 0.2) is 97.2 Å². The van der Waals surface area contributed by atoms with Gasteiger partial charge in [0.1, 0.15) is 25.4 Å². The largest absolute Gasteiger partial charge is 0.472 e. The summed E-state index contributed by atoms with van der Waals surface area (Å²) in [5.41, 5.74) is 0. The topological polar surface area (TPSA) is 231 Å². The van der Waals surface area contributed by atoms with E-state index in [4.69, 9.17) is 32.3 Å². The number of unbranched alkanes of at least 4 members (excludes halogenated alkanes) is 22. The Morgan fingerprint density at radius 2 is 0.624 bits per heavy atom. The van der Waals surface area contributed by atoms with Gasteiger partial charge in [-0.3, -0.25) is 32.5 Å². The van der Waals surface area contributed by atoms with Crippen LogP contribution in [0.1, 0.15) is 252 Å². The highest BCUT2D eigenvalue weighted by Crippen LogP contribution is 2.45. The van der Waals surface area contributed by atoms with E-state index in [1.807, 2.05) is 0 Å². The molecule has 0 bridgehead atoms. The predicted molar refractivity (Wildman–Crippen MR) is 344 cm³/mol. The highest BCUT2D eigenvalue weighted by molar-refractivity contribution is 7.47. The standard InChI is InChI=1S/C67H116O16P2/c1-4-7-10-13-16-19-22-25-27-28-29-30-31-32-34-37-38-41-44-47-50-53-65(70)77-56-62(68)57-79-84(73,74)80-58-63(69)59-81-85(75,76)82-61-64(83-67(72)55-52-49-46-43-40-35-24-21-18-15-12-9-6-3)60-78-66(71)54-51-48-45-42-39-36-33-26-23-20-17-14-11-8-5-2/h7,10,16,19,21,24-27,29-30,32-34,38,41,62-64,68-69H,4-6,8-9,11-15,17-18,20,22-23,28,31,35-37,39-40,42-61H2,1-3H3,(H,73,74)(H,75,76)/b10-7-,19-16-,24-21-,27-25-,30-29-,33-26-,34-32-,41-38-. The molecular formula is C67H116O16P2. The first kappa shape index (κ1) is 81.5. The van der Waals surface area contributed by atoms with Crippen LogP contribution in [0.4, 0.5) is 0 Å². The number of allylic oxidation sites excluding steroid dienone is 16. The molecule has 0 saturated heterocycles. The van der Waals surface area contributed by atoms with E-state index < -0.39 is 91.5 Å². The van der Waals surface area contributed by atoms with Crippen LogP contribution in [-0.4, -0.2) is 95.9 Å². The lowest BCUT2D eigenvalue weighted by Crippen LogP contribution is -2.30. The molecule has 0 spiro atoms. The van der Waals surface area contributed by atoms with E-state index in [0.717, 1.165) is 128 Å². The number of phosphoric acid groups is 2. The number of aliphatic hydroxyl groups is 2. The lowest BCUT2D eigenvalue weighted by atomic mass is 10.1. The zero-order valence-corrected chi connectivity index (χ0v) is 54.5. The second-order valence-electron chi connectivity index (χ2n) is 21.5. The molecule has 0 aliphatic rings. The molecule has 0 aliphatic heterocycles. The van der Waals surface area contributed by atoms with Crippen molar-refractivity contribution in [3.05, 3.63) is 97.2 Å². The van der Waals surface area contributed by atoms with Crippen molar-refractivity contribution in [2.75, 3.05) is 39.6 Å². The number of esters is 3. The Bertz CT molecular complexity index is 1940. The zero-order valence-electron chi connectivity index (χ0n) is 52.8. The summed E-state index contributed by atoms with van der Waals surface area (Å²) < 4.78 is 60.7. The van der Waals surface area contributed by atoms with Gasteiger partial charge in [0.2, 0.25) is 0 Å². The average molecular weight is 1240 g/mol. The van der Waals surface area contributed by atoms with Gasteiger partial charge in [-0.15, -0.1) is 0 Å². The van der Waals surface area contributed by atoms with Crippen LogP contribution >= 0.6 is 15.6 Å². The molecule has 16 nitrogen and oxygen atoms in total. The van der Waals surface area contributed by atoms with Gasteiger partial charge in [-0.1, -0.05) is 208 Å². The minimum absolute atomic E-state index is 0.0919. The van der Waals surface area contributed by atoms with E-state index in [9.17, 15) is 43.5 Å². The van der Waals surface area contributed by atoms with Crippen LogP contribution in [0.5, 0.6) is 0 Å². The van der Waals surface area contributed by atoms with Crippen LogP contribution in [0, 0.1) is 0 Å². The second kappa shape index (κ2) is 60.7. The van der Waals surface area contributed by atoms with E-state index >= 15 is 0 Å². The number of carbonyl (C=O) groups excluding carboxylic acids is 3. The van der Waals surface area contributed by atoms with E-state index in [2.05, 4.69) is 118 Å². The smallest absolute Gasteiger partial charge is 0.463 e. The van der Waals surface area contributed by atoms with Gasteiger partial charge >= 0.3 is 33.6 Å². The van der Waals surface area contributed by atoms with Gasteiger partial charge in [0.05, 0.1) is 26.4 Å². The first-order chi connectivity index (χ1) is 41.2. The lowest BCUT2D eigenvalue weighted by Gasteiger charge is -2.21. The molecule has 0 aliphatic carbocycles. The van der Waals surface area contributed by atoms with Crippen LogP contribution in [0.2, 0.25) is 0 Å². The molecule has 490 valence electrons. The Kier molecular flexibility index (Phi) is 58.2. The van der Waals surface area contributed by atoms with Crippen molar-refractivity contribution < 1.29 is 75.8 Å². The number of aliphatic hydroxyl groups excluding tert-OH is 2. The summed E-state index contributed by atoms with van der Waals surface area (Å²) in [6.45, 7) is 2.45. The monoisotopic (exact) mass is 1240 g/mol. The summed E-state index contributed by atoms with van der Waals surface area (Å²) in [7, 11) is -9.78. The molecule has 0 rings (SSSR count). The molecule has 4 N–H and O–H groups in total. The van der Waals surface area contributed by atoms with Crippen molar-refractivity contribution in [1.29, 1.82) is 0 Å². The molecule has 85 heavy (non-hydrogen) atoms. The minimum atomic E-state index is -4.92. The van der Waals surface area contributed by atoms with Crippen LogP contribution in [0.25, 0.3) is 0 Å². The van der Waals surface area contributed by atoms with Crippen molar-refractivity contribution in [2.24, 2.45) is 0 Å². The van der Waals surface area contributed by atoms with Crippen molar-refractivity contribution >= 4 is 33.6 Å². The number of phosphoric ester groups is 2. The molecular weight excluding hydrogens is 1120 g/mol. The number of carbonyl (C=O) groups is 3. The van der Waals surface area contributed by atoms with Gasteiger partial charge in [0.15, 0.2) is 6.10 Å². The quantitative estimate of drug-likeness (QED) is 0.0146. The van der Waals surface area contributed by atoms with E-state index in [1.54, 1.807) is 0 Å². The fourth-order valence-electron chi connectivity index (χ4n) is 8.27. The SMILES string of the molecule is CC/C=C\C/C=C\C/C=C\C/C=C\C/C=C\C/C=C\CCCCC(=O)OCC(O)COP(=O)(O)OCC(O)COP(=O)(O)OCC(COC(=O)CCCCCCC/C=C\CCCCCCCC)OC(=O)CCCCCCC/C=C\CCCCCC. The average Bonchev–Trinajstić information content (AvgIpc) is 3.51. The molecule has 0 aromatic carbocycles. The third-order valence-corrected chi connectivity index (χ3v) is 15.2. The second-order valence-corrected chi connectivity index (χ2v) is 24.4. The van der Waals surface area contributed by atoms with Crippen molar-refractivity contribution in [2.45, 2.75) is 270 Å². The molecule has 0 aromatic heterocycles. The Morgan fingerprint density at radius 1 is 0.341 bits per heavy atom.